The van der Waals surface area contributed by atoms with Gasteiger partial charge in [0.2, 0.25) is 0 Å². The minimum Gasteiger partial charge on any atom is -0.370 e. The van der Waals surface area contributed by atoms with Crippen LogP contribution in [0.25, 0.3) is 0 Å². The summed E-state index contributed by atoms with van der Waals surface area (Å²) in [5, 5.41) is 2.47. The third kappa shape index (κ3) is 4.88. The Balaban J connectivity index is 1.74. The fourth-order valence-corrected chi connectivity index (χ4v) is 2.70. The molecule has 1 aromatic heterocycles. The van der Waals surface area contributed by atoms with E-state index in [4.69, 9.17) is 0 Å². The summed E-state index contributed by atoms with van der Waals surface area (Å²) in [7, 11) is 1.89. The molecule has 0 saturated heterocycles. The number of rotatable bonds is 5. The summed E-state index contributed by atoms with van der Waals surface area (Å²) < 4.78 is 38.5. The quantitative estimate of drug-likeness (QED) is 0.673. The lowest BCUT2D eigenvalue weighted by Crippen LogP contribution is -2.19. The number of anilines is 2. The molecule has 0 aliphatic carbocycles. The van der Waals surface area contributed by atoms with Crippen molar-refractivity contribution in [3.63, 3.8) is 0 Å². The monoisotopic (exact) mass is 385 g/mol. The van der Waals surface area contributed by atoms with Crippen molar-refractivity contribution in [2.75, 3.05) is 17.3 Å². The van der Waals surface area contributed by atoms with Gasteiger partial charge in [-0.25, -0.2) is 0 Å². The maximum Gasteiger partial charge on any atom is 0.416 e. The van der Waals surface area contributed by atoms with Gasteiger partial charge in [-0.15, -0.1) is 0 Å². The molecule has 1 amide bonds. The predicted octanol–water partition coefficient (Wildman–Crippen LogP) is 4.99. The van der Waals surface area contributed by atoms with Crippen LogP contribution in [-0.4, -0.2) is 17.9 Å². The van der Waals surface area contributed by atoms with Crippen LogP contribution in [0.5, 0.6) is 0 Å². The summed E-state index contributed by atoms with van der Waals surface area (Å²) >= 11 is 0. The Morgan fingerprint density at radius 1 is 1.04 bits per heavy atom. The van der Waals surface area contributed by atoms with Gasteiger partial charge in [0.05, 0.1) is 5.56 Å². The van der Waals surface area contributed by atoms with Crippen molar-refractivity contribution < 1.29 is 18.0 Å². The minimum atomic E-state index is -4.47. The van der Waals surface area contributed by atoms with Crippen molar-refractivity contribution in [2.24, 2.45) is 0 Å². The van der Waals surface area contributed by atoms with Gasteiger partial charge in [0.15, 0.2) is 0 Å². The van der Waals surface area contributed by atoms with Gasteiger partial charge >= 0.3 is 6.18 Å². The third-order valence-electron chi connectivity index (χ3n) is 4.13. The van der Waals surface area contributed by atoms with Crippen LogP contribution in [0.3, 0.4) is 0 Å². The molecule has 1 heterocycles. The highest BCUT2D eigenvalue weighted by molar-refractivity contribution is 6.03. The van der Waals surface area contributed by atoms with Gasteiger partial charge in [0.1, 0.15) is 5.69 Å². The molecule has 0 fully saturated rings. The number of benzene rings is 2. The van der Waals surface area contributed by atoms with E-state index < -0.39 is 17.6 Å². The first-order valence-electron chi connectivity index (χ1n) is 8.52. The number of aromatic nitrogens is 1. The van der Waals surface area contributed by atoms with E-state index in [9.17, 15) is 18.0 Å². The molecule has 0 unspecified atom stereocenters. The van der Waals surface area contributed by atoms with Crippen LogP contribution in [0.4, 0.5) is 24.5 Å². The molecular formula is C21H18F3N3O. The number of amides is 1. The number of hydrogen-bond acceptors (Lipinski definition) is 3. The Hall–Kier alpha value is -3.35. The van der Waals surface area contributed by atoms with Crippen LogP contribution < -0.4 is 10.2 Å². The number of nitrogens with one attached hydrogen (secondary N) is 1. The van der Waals surface area contributed by atoms with Crippen molar-refractivity contribution in [2.45, 2.75) is 12.7 Å². The highest BCUT2D eigenvalue weighted by atomic mass is 19.4. The molecule has 0 spiro atoms. The van der Waals surface area contributed by atoms with Gasteiger partial charge in [-0.05, 0) is 35.9 Å². The predicted molar refractivity (Wildman–Crippen MR) is 102 cm³/mol. The number of alkyl halides is 3. The maximum atomic E-state index is 12.8. The lowest BCUT2D eigenvalue weighted by molar-refractivity contribution is -0.137. The second kappa shape index (κ2) is 8.12. The molecule has 144 valence electrons. The molecule has 28 heavy (non-hydrogen) atoms. The molecule has 2 aromatic carbocycles. The van der Waals surface area contributed by atoms with E-state index in [2.05, 4.69) is 10.3 Å². The molecule has 0 aliphatic rings. The Bertz CT molecular complexity index is 958. The third-order valence-corrected chi connectivity index (χ3v) is 4.13. The van der Waals surface area contributed by atoms with Crippen molar-refractivity contribution in [1.82, 2.24) is 4.98 Å². The van der Waals surface area contributed by atoms with Crippen LogP contribution in [-0.2, 0) is 12.7 Å². The first kappa shape index (κ1) is 19.4. The van der Waals surface area contributed by atoms with E-state index in [1.807, 2.05) is 42.3 Å². The van der Waals surface area contributed by atoms with E-state index in [1.54, 1.807) is 12.1 Å². The number of pyridine rings is 1. The van der Waals surface area contributed by atoms with E-state index in [-0.39, 0.29) is 11.4 Å². The zero-order valence-corrected chi connectivity index (χ0v) is 15.1. The maximum absolute atomic E-state index is 12.8. The van der Waals surface area contributed by atoms with E-state index in [0.29, 0.717) is 6.54 Å². The largest absolute Gasteiger partial charge is 0.416 e. The van der Waals surface area contributed by atoms with Crippen LogP contribution in [0.2, 0.25) is 0 Å². The van der Waals surface area contributed by atoms with Gasteiger partial charge in [-0.1, -0.05) is 36.4 Å². The summed E-state index contributed by atoms with van der Waals surface area (Å²) in [6.45, 7) is 0.638. The summed E-state index contributed by atoms with van der Waals surface area (Å²) in [5.74, 6) is -0.575. The van der Waals surface area contributed by atoms with Gasteiger partial charge in [-0.3, -0.25) is 9.78 Å². The zero-order chi connectivity index (χ0) is 20.1. The standard InChI is InChI=1S/C21H18F3N3O/c1-27(14-15-6-3-2-4-7-15)18-10-11-25-19(13-18)20(28)26-17-9-5-8-16(12-17)21(22,23)24/h2-13H,14H2,1H3,(H,26,28). The van der Waals surface area contributed by atoms with Crippen molar-refractivity contribution in [3.05, 3.63) is 89.7 Å². The van der Waals surface area contributed by atoms with Gasteiger partial charge in [-0.2, -0.15) is 13.2 Å². The van der Waals surface area contributed by atoms with Gasteiger partial charge < -0.3 is 10.2 Å². The summed E-state index contributed by atoms with van der Waals surface area (Å²) in [4.78, 5) is 18.4. The smallest absolute Gasteiger partial charge is 0.370 e. The molecule has 0 aliphatic heterocycles. The Morgan fingerprint density at radius 2 is 1.79 bits per heavy atom. The van der Waals surface area contributed by atoms with Crippen LogP contribution in [0.15, 0.2) is 72.9 Å². The molecule has 0 bridgehead atoms. The second-order valence-corrected chi connectivity index (χ2v) is 6.27. The average Bonchev–Trinajstić information content (AvgIpc) is 2.68. The Labute approximate surface area is 160 Å². The number of carbonyl (C=O) groups is 1. The molecule has 3 aromatic rings. The van der Waals surface area contributed by atoms with E-state index >= 15 is 0 Å². The van der Waals surface area contributed by atoms with Crippen molar-refractivity contribution in [1.29, 1.82) is 0 Å². The van der Waals surface area contributed by atoms with Gasteiger partial charge in [0.25, 0.3) is 5.91 Å². The SMILES string of the molecule is CN(Cc1ccccc1)c1ccnc(C(=O)Nc2cccc(C(F)(F)F)c2)c1. The fraction of sp³-hybridized carbons (Fsp3) is 0.143. The number of nitrogens with zero attached hydrogens (tertiary/aromatic N) is 2. The number of halogens is 3. The number of carbonyl (C=O) groups excluding carboxylic acids is 1. The van der Waals surface area contributed by atoms with E-state index in [1.165, 1.54) is 18.3 Å². The average molecular weight is 385 g/mol. The van der Waals surface area contributed by atoms with Crippen molar-refractivity contribution >= 4 is 17.3 Å². The second-order valence-electron chi connectivity index (χ2n) is 6.27. The van der Waals surface area contributed by atoms with Crippen LogP contribution in [0.1, 0.15) is 21.6 Å². The lowest BCUT2D eigenvalue weighted by Gasteiger charge is -2.19. The molecule has 4 nitrogen and oxygen atoms in total. The normalized spacial score (nSPS) is 11.1. The van der Waals surface area contributed by atoms with E-state index in [0.717, 1.165) is 23.4 Å². The van der Waals surface area contributed by atoms with Crippen LogP contribution in [0, 0.1) is 0 Å². The number of hydrogen-bond donors (Lipinski definition) is 1. The highest BCUT2D eigenvalue weighted by Crippen LogP contribution is 2.30. The molecule has 0 saturated carbocycles. The van der Waals surface area contributed by atoms with Gasteiger partial charge in [0, 0.05) is 31.2 Å². The topological polar surface area (TPSA) is 45.2 Å². The summed E-state index contributed by atoms with van der Waals surface area (Å²) in [6, 6.07) is 17.7. The first-order valence-corrected chi connectivity index (χ1v) is 8.52. The van der Waals surface area contributed by atoms with Crippen molar-refractivity contribution in [3.8, 4) is 0 Å². The molecule has 1 N–H and O–H groups in total. The molecule has 0 atom stereocenters. The summed E-state index contributed by atoms with van der Waals surface area (Å²) in [5.41, 5.74) is 1.24. The fourth-order valence-electron chi connectivity index (χ4n) is 2.70. The van der Waals surface area contributed by atoms with Crippen LogP contribution >= 0.6 is 0 Å². The zero-order valence-electron chi connectivity index (χ0n) is 15.1. The molecule has 7 heteroatoms. The Morgan fingerprint density at radius 3 is 2.50 bits per heavy atom. The summed E-state index contributed by atoms with van der Waals surface area (Å²) in [6.07, 6.45) is -2.98. The Kier molecular flexibility index (Phi) is 5.63. The molecule has 0 radical (unpaired) electrons. The first-order chi connectivity index (χ1) is 13.3. The molecular weight excluding hydrogens is 367 g/mol. The minimum absolute atomic E-state index is 0.0599. The molecule has 3 rings (SSSR count). The highest BCUT2D eigenvalue weighted by Gasteiger charge is 2.30. The lowest BCUT2D eigenvalue weighted by atomic mass is 10.2.